The number of benzene rings is 1. The van der Waals surface area contributed by atoms with Crippen molar-refractivity contribution in [2.24, 2.45) is 16.6 Å². The van der Waals surface area contributed by atoms with Gasteiger partial charge in [-0.15, -0.1) is 0 Å². The van der Waals surface area contributed by atoms with Gasteiger partial charge in [0.25, 0.3) is 0 Å². The molecule has 1 atom stereocenters. The molecule has 21 heavy (non-hydrogen) atoms. The zero-order chi connectivity index (χ0) is 15.5. The molecule has 1 spiro atoms. The molecule has 1 heterocycles. The molecular weight excluding hydrogens is 326 g/mol. The van der Waals surface area contributed by atoms with Crippen molar-refractivity contribution in [2.45, 2.75) is 65.0 Å². The van der Waals surface area contributed by atoms with E-state index in [1.807, 2.05) is 6.07 Å². The lowest BCUT2D eigenvalue weighted by molar-refractivity contribution is -0.0839. The zero-order valence-corrected chi connectivity index (χ0v) is 15.1. The lowest BCUT2D eigenvalue weighted by Gasteiger charge is -2.54. The number of rotatable bonds is 0. The van der Waals surface area contributed by atoms with E-state index >= 15 is 0 Å². The molecule has 0 saturated heterocycles. The summed E-state index contributed by atoms with van der Waals surface area (Å²) in [6, 6.07) is 6.28. The maximum atomic E-state index is 6.56. The molecule has 1 aromatic carbocycles. The topological polar surface area (TPSA) is 35.2 Å². The Balaban J connectivity index is 1.99. The quantitative estimate of drug-likeness (QED) is 0.696. The van der Waals surface area contributed by atoms with Gasteiger partial charge >= 0.3 is 0 Å². The van der Waals surface area contributed by atoms with Crippen LogP contribution in [0.2, 0.25) is 0 Å². The minimum absolute atomic E-state index is 0.0657. The van der Waals surface area contributed by atoms with E-state index in [0.717, 1.165) is 35.0 Å². The summed E-state index contributed by atoms with van der Waals surface area (Å²) >= 11 is 3.53. The highest BCUT2D eigenvalue weighted by atomic mass is 79.9. The zero-order valence-electron chi connectivity index (χ0n) is 13.5. The summed E-state index contributed by atoms with van der Waals surface area (Å²) < 4.78 is 7.63. The Labute approximate surface area is 136 Å². The third kappa shape index (κ3) is 3.00. The standard InChI is InChI=1S/C18H26BrNO/c1-16(2)9-17(3,4)11-18(10-16)8-14(20)13-7-12(19)5-6-15(13)21-18/h5-7,14H,8-11,20H2,1-4H3/t14-/m0/s1. The van der Waals surface area contributed by atoms with Gasteiger partial charge in [-0.3, -0.25) is 0 Å². The van der Waals surface area contributed by atoms with Gasteiger partial charge in [0.1, 0.15) is 11.4 Å². The maximum Gasteiger partial charge on any atom is 0.124 e. The van der Waals surface area contributed by atoms with Crippen LogP contribution in [0.4, 0.5) is 0 Å². The predicted molar refractivity (Wildman–Crippen MR) is 90.5 cm³/mol. The van der Waals surface area contributed by atoms with Crippen molar-refractivity contribution in [1.29, 1.82) is 0 Å². The lowest BCUT2D eigenvalue weighted by atomic mass is 9.58. The van der Waals surface area contributed by atoms with Crippen LogP contribution in [0.5, 0.6) is 5.75 Å². The van der Waals surface area contributed by atoms with E-state index in [2.05, 4.69) is 55.8 Å². The molecule has 2 N–H and O–H groups in total. The average Bonchev–Trinajstić information content (AvgIpc) is 2.25. The predicted octanol–water partition coefficient (Wildman–Crippen LogP) is 5.21. The van der Waals surface area contributed by atoms with Gasteiger partial charge in [0.05, 0.1) is 0 Å². The van der Waals surface area contributed by atoms with Crippen LogP contribution in [0.25, 0.3) is 0 Å². The minimum atomic E-state index is -0.106. The van der Waals surface area contributed by atoms with Gasteiger partial charge in [-0.05, 0) is 48.3 Å². The van der Waals surface area contributed by atoms with Crippen LogP contribution in [0.1, 0.15) is 65.0 Å². The highest BCUT2D eigenvalue weighted by molar-refractivity contribution is 9.10. The normalized spacial score (nSPS) is 28.8. The molecule has 3 heteroatoms. The fourth-order valence-corrected chi connectivity index (χ4v) is 5.51. The van der Waals surface area contributed by atoms with Crippen LogP contribution in [0.15, 0.2) is 22.7 Å². The van der Waals surface area contributed by atoms with Crippen LogP contribution >= 0.6 is 15.9 Å². The van der Waals surface area contributed by atoms with E-state index in [1.54, 1.807) is 0 Å². The largest absolute Gasteiger partial charge is 0.487 e. The van der Waals surface area contributed by atoms with Crippen LogP contribution in [0, 0.1) is 10.8 Å². The number of hydrogen-bond donors (Lipinski definition) is 1. The molecule has 1 saturated carbocycles. The van der Waals surface area contributed by atoms with Gasteiger partial charge in [0, 0.05) is 22.5 Å². The highest BCUT2D eigenvalue weighted by Crippen LogP contribution is 2.56. The number of hydrogen-bond acceptors (Lipinski definition) is 2. The van der Waals surface area contributed by atoms with E-state index < -0.39 is 0 Å². The number of halogens is 1. The van der Waals surface area contributed by atoms with E-state index in [4.69, 9.17) is 10.5 Å². The van der Waals surface area contributed by atoms with Gasteiger partial charge in [-0.2, -0.15) is 0 Å². The minimum Gasteiger partial charge on any atom is -0.487 e. The molecule has 1 aliphatic carbocycles. The van der Waals surface area contributed by atoms with E-state index in [9.17, 15) is 0 Å². The van der Waals surface area contributed by atoms with E-state index in [-0.39, 0.29) is 11.6 Å². The third-order valence-electron chi connectivity index (χ3n) is 4.85. The summed E-state index contributed by atoms with van der Waals surface area (Å²) in [6.45, 7) is 9.45. The van der Waals surface area contributed by atoms with Crippen molar-refractivity contribution < 1.29 is 4.74 Å². The summed E-state index contributed by atoms with van der Waals surface area (Å²) in [6.07, 6.45) is 4.34. The van der Waals surface area contributed by atoms with Gasteiger partial charge in [-0.25, -0.2) is 0 Å². The van der Waals surface area contributed by atoms with Gasteiger partial charge in [0.15, 0.2) is 0 Å². The summed E-state index contributed by atoms with van der Waals surface area (Å²) in [4.78, 5) is 0. The second-order valence-corrected chi connectivity index (χ2v) is 9.55. The van der Waals surface area contributed by atoms with E-state index in [1.165, 1.54) is 6.42 Å². The second-order valence-electron chi connectivity index (χ2n) is 8.64. The Hall–Kier alpha value is -0.540. The Kier molecular flexibility index (Phi) is 3.46. The van der Waals surface area contributed by atoms with Crippen molar-refractivity contribution in [2.75, 3.05) is 0 Å². The van der Waals surface area contributed by atoms with Gasteiger partial charge in [-0.1, -0.05) is 43.6 Å². The van der Waals surface area contributed by atoms with Gasteiger partial charge in [0.2, 0.25) is 0 Å². The molecule has 116 valence electrons. The molecular formula is C18H26BrNO. The Morgan fingerprint density at radius 1 is 1.10 bits per heavy atom. The molecule has 0 amide bonds. The third-order valence-corrected chi connectivity index (χ3v) is 5.34. The SMILES string of the molecule is CC1(C)CC(C)(C)CC2(C[C@H](N)c3cc(Br)ccc3O2)C1. The Morgan fingerprint density at radius 3 is 2.33 bits per heavy atom. The molecule has 2 nitrogen and oxygen atoms in total. The van der Waals surface area contributed by atoms with Crippen molar-refractivity contribution >= 4 is 15.9 Å². The molecule has 0 radical (unpaired) electrons. The first-order valence-corrected chi connectivity index (χ1v) is 8.63. The van der Waals surface area contributed by atoms with Crippen molar-refractivity contribution in [1.82, 2.24) is 0 Å². The first-order valence-electron chi connectivity index (χ1n) is 7.84. The Bertz CT molecular complexity index is 548. The molecule has 1 aromatic rings. The first-order chi connectivity index (χ1) is 9.60. The van der Waals surface area contributed by atoms with Crippen LogP contribution in [-0.2, 0) is 0 Å². The molecule has 0 bridgehead atoms. The highest BCUT2D eigenvalue weighted by Gasteiger charge is 2.51. The van der Waals surface area contributed by atoms with Gasteiger partial charge < -0.3 is 10.5 Å². The number of nitrogens with two attached hydrogens (primary N) is 1. The maximum absolute atomic E-state index is 6.56. The molecule has 0 aromatic heterocycles. The molecule has 2 aliphatic rings. The Morgan fingerprint density at radius 2 is 1.71 bits per heavy atom. The number of ether oxygens (including phenoxy) is 1. The molecule has 0 unspecified atom stereocenters. The molecule has 1 aliphatic heterocycles. The molecule has 1 fully saturated rings. The van der Waals surface area contributed by atoms with E-state index in [0.29, 0.717) is 10.8 Å². The van der Waals surface area contributed by atoms with Crippen LogP contribution in [-0.4, -0.2) is 5.60 Å². The summed E-state index contributed by atoms with van der Waals surface area (Å²) in [5, 5.41) is 0. The lowest BCUT2D eigenvalue weighted by Crippen LogP contribution is -2.52. The monoisotopic (exact) mass is 351 g/mol. The average molecular weight is 352 g/mol. The molecule has 3 rings (SSSR count). The van der Waals surface area contributed by atoms with Crippen LogP contribution in [0.3, 0.4) is 0 Å². The summed E-state index contributed by atoms with van der Waals surface area (Å²) in [5.41, 5.74) is 8.13. The van der Waals surface area contributed by atoms with Crippen LogP contribution < -0.4 is 10.5 Å². The summed E-state index contributed by atoms with van der Waals surface area (Å²) in [5.74, 6) is 0.977. The van der Waals surface area contributed by atoms with Crippen molar-refractivity contribution in [3.05, 3.63) is 28.2 Å². The van der Waals surface area contributed by atoms with Crippen molar-refractivity contribution in [3.8, 4) is 5.75 Å². The smallest absolute Gasteiger partial charge is 0.124 e. The fraction of sp³-hybridized carbons (Fsp3) is 0.667. The fourth-order valence-electron chi connectivity index (χ4n) is 5.13. The second kappa shape index (κ2) is 4.73. The summed E-state index contributed by atoms with van der Waals surface area (Å²) in [7, 11) is 0. The number of fused-ring (bicyclic) bond motifs is 1. The van der Waals surface area contributed by atoms with Crippen molar-refractivity contribution in [3.63, 3.8) is 0 Å². The first kappa shape index (κ1) is 15.4.